The molecule has 2 aromatic heterocycles. The summed E-state index contributed by atoms with van der Waals surface area (Å²) in [5.41, 5.74) is 7.73. The Bertz CT molecular complexity index is 1750. The zero-order chi connectivity index (χ0) is 34.5. The normalized spacial score (nSPS) is 16.1. The molecule has 10 nitrogen and oxygen atoms in total. The first-order valence-electron chi connectivity index (χ1n) is 17.3. The summed E-state index contributed by atoms with van der Waals surface area (Å²) < 4.78 is 14.0. The number of rotatable bonds is 11. The summed E-state index contributed by atoms with van der Waals surface area (Å²) in [7, 11) is 1.82. The molecule has 1 unspecified atom stereocenters. The minimum atomic E-state index is -0.677. The molecule has 0 bridgehead atoms. The van der Waals surface area contributed by atoms with Crippen molar-refractivity contribution in [1.82, 2.24) is 14.5 Å². The monoisotopic (exact) mass is 664 g/mol. The van der Waals surface area contributed by atoms with Crippen molar-refractivity contribution in [3.8, 4) is 11.1 Å². The van der Waals surface area contributed by atoms with E-state index < -0.39 is 11.7 Å². The van der Waals surface area contributed by atoms with Gasteiger partial charge in [-0.25, -0.2) is 4.98 Å². The number of nitrogens with one attached hydrogen (secondary N) is 1. The van der Waals surface area contributed by atoms with E-state index in [4.69, 9.17) is 14.5 Å². The number of morpholine rings is 1. The highest BCUT2D eigenvalue weighted by Crippen LogP contribution is 2.36. The van der Waals surface area contributed by atoms with E-state index in [9.17, 15) is 9.59 Å². The average molecular weight is 665 g/mol. The van der Waals surface area contributed by atoms with E-state index in [-0.39, 0.29) is 6.23 Å². The second kappa shape index (κ2) is 15.4. The number of hydrogen-bond donors (Lipinski definition) is 1. The van der Waals surface area contributed by atoms with Gasteiger partial charge in [-0.1, -0.05) is 37.3 Å². The smallest absolute Gasteiger partial charge is 0.298 e. The van der Waals surface area contributed by atoms with Crippen molar-refractivity contribution in [3.05, 3.63) is 94.9 Å². The number of carbonyl (C=O) groups excluding carboxylic acids is 2. The summed E-state index contributed by atoms with van der Waals surface area (Å²) >= 11 is 0. The lowest BCUT2D eigenvalue weighted by Gasteiger charge is -2.40. The maximum atomic E-state index is 13.8. The van der Waals surface area contributed by atoms with Crippen LogP contribution in [0, 0.1) is 20.8 Å². The molecule has 49 heavy (non-hydrogen) atoms. The Morgan fingerprint density at radius 1 is 0.898 bits per heavy atom. The number of hydrogen-bond acceptors (Lipinski definition) is 8. The Hall–Kier alpha value is -4.51. The number of piperazine rings is 1. The molecular weight excluding hydrogens is 616 g/mol. The number of benzene rings is 2. The van der Waals surface area contributed by atoms with Gasteiger partial charge in [0.25, 0.3) is 11.7 Å². The number of anilines is 3. The number of ether oxygens (including phenoxy) is 2. The minimum absolute atomic E-state index is 0.328. The molecule has 0 radical (unpaired) electrons. The predicted molar refractivity (Wildman–Crippen MR) is 195 cm³/mol. The van der Waals surface area contributed by atoms with Crippen LogP contribution in [0.4, 0.5) is 17.2 Å². The number of Topliss-reactive ketones (excluding diaryl/α,β-unsaturated/α-hetero) is 1. The van der Waals surface area contributed by atoms with Crippen LogP contribution in [-0.2, 0) is 21.3 Å². The fraction of sp³-hybridized carbons (Fsp3) is 0.410. The van der Waals surface area contributed by atoms with Gasteiger partial charge in [-0.3, -0.25) is 14.5 Å². The molecule has 258 valence electrons. The molecule has 2 fully saturated rings. The summed E-state index contributed by atoms with van der Waals surface area (Å²) in [6.07, 6.45) is 0.549. The second-order valence-electron chi connectivity index (χ2n) is 13.0. The maximum Gasteiger partial charge on any atom is 0.298 e. The molecule has 4 aromatic rings. The fourth-order valence-corrected chi connectivity index (χ4v) is 6.85. The summed E-state index contributed by atoms with van der Waals surface area (Å²) in [6, 6.07) is 21.9. The third kappa shape index (κ3) is 7.72. The Balaban J connectivity index is 1.29. The maximum absolute atomic E-state index is 13.8. The predicted octanol–water partition coefficient (Wildman–Crippen LogP) is 5.92. The molecule has 0 aliphatic carbocycles. The van der Waals surface area contributed by atoms with Gasteiger partial charge < -0.3 is 29.2 Å². The minimum Gasteiger partial charge on any atom is -0.379 e. The Morgan fingerprint density at radius 2 is 1.61 bits per heavy atom. The van der Waals surface area contributed by atoms with Crippen molar-refractivity contribution >= 4 is 28.9 Å². The molecule has 2 aliphatic rings. The van der Waals surface area contributed by atoms with Crippen molar-refractivity contribution in [2.45, 2.75) is 40.3 Å². The topological polar surface area (TPSA) is 92.2 Å². The first kappa shape index (κ1) is 34.4. The molecule has 1 amide bonds. The summed E-state index contributed by atoms with van der Waals surface area (Å²) in [4.78, 5) is 39.3. The van der Waals surface area contributed by atoms with Crippen LogP contribution in [0.1, 0.15) is 52.6 Å². The van der Waals surface area contributed by atoms with Crippen LogP contribution in [-0.4, -0.2) is 85.2 Å². The van der Waals surface area contributed by atoms with Crippen LogP contribution < -0.4 is 15.1 Å². The molecular formula is C39H48N6O4. The van der Waals surface area contributed by atoms with Crippen LogP contribution in [0.3, 0.4) is 0 Å². The molecule has 0 saturated carbocycles. The Morgan fingerprint density at radius 3 is 2.31 bits per heavy atom. The van der Waals surface area contributed by atoms with Gasteiger partial charge in [0.05, 0.1) is 13.2 Å². The number of amides is 1. The van der Waals surface area contributed by atoms with Crippen molar-refractivity contribution in [2.75, 3.05) is 74.2 Å². The standard InChI is InChI=1S/C39H48N6O4/c1-6-20-49-39(45-18-21-48-22-19-45)33-26-31(12-13-34(33)43-14-16-44(17-15-43)35-24-27(2)23-28(3)40-35)41-38(47)37(46)36-32(25-29(4)42(36)5)30-10-8-7-9-11-30/h7-13,23-26,39H,6,14-22H2,1-5H3,(H,41,47). The molecule has 2 aliphatic heterocycles. The van der Waals surface area contributed by atoms with E-state index in [1.54, 1.807) is 4.57 Å². The lowest BCUT2D eigenvalue weighted by Crippen LogP contribution is -2.47. The second-order valence-corrected chi connectivity index (χ2v) is 13.0. The molecule has 2 saturated heterocycles. The van der Waals surface area contributed by atoms with E-state index in [2.05, 4.69) is 52.1 Å². The van der Waals surface area contributed by atoms with Gasteiger partial charge in [-0.05, 0) is 74.7 Å². The number of aryl methyl sites for hydroxylation is 3. The quantitative estimate of drug-likeness (QED) is 0.156. The Kier molecular flexibility index (Phi) is 10.8. The zero-order valence-corrected chi connectivity index (χ0v) is 29.4. The molecule has 0 spiro atoms. The number of aromatic nitrogens is 2. The highest BCUT2D eigenvalue weighted by Gasteiger charge is 2.30. The SMILES string of the molecule is CCCOC(c1cc(NC(=O)C(=O)c2c(-c3ccccc3)cc(C)n2C)ccc1N1CCN(c2cc(C)cc(C)n2)CC1)N1CCOCC1. The van der Waals surface area contributed by atoms with Crippen molar-refractivity contribution < 1.29 is 19.1 Å². The molecule has 2 aromatic carbocycles. The van der Waals surface area contributed by atoms with E-state index in [0.29, 0.717) is 31.2 Å². The van der Waals surface area contributed by atoms with E-state index >= 15 is 0 Å². The third-order valence-electron chi connectivity index (χ3n) is 9.42. The lowest BCUT2D eigenvalue weighted by atomic mass is 10.0. The molecule has 1 N–H and O–H groups in total. The summed E-state index contributed by atoms with van der Waals surface area (Å²) in [6.45, 7) is 14.8. The third-order valence-corrected chi connectivity index (χ3v) is 9.42. The molecule has 4 heterocycles. The van der Waals surface area contributed by atoms with Gasteiger partial charge in [-0.2, -0.15) is 0 Å². The van der Waals surface area contributed by atoms with Crippen LogP contribution in [0.2, 0.25) is 0 Å². The average Bonchev–Trinajstić information content (AvgIpc) is 3.42. The first-order valence-corrected chi connectivity index (χ1v) is 17.3. The van der Waals surface area contributed by atoms with Crippen LogP contribution in [0.25, 0.3) is 11.1 Å². The van der Waals surface area contributed by atoms with Crippen LogP contribution in [0.15, 0.2) is 66.7 Å². The Labute approximate surface area is 289 Å². The highest BCUT2D eigenvalue weighted by molar-refractivity contribution is 6.47. The van der Waals surface area contributed by atoms with E-state index in [1.165, 1.54) is 5.56 Å². The van der Waals surface area contributed by atoms with Gasteiger partial charge >= 0.3 is 0 Å². The van der Waals surface area contributed by atoms with E-state index in [1.807, 2.05) is 69.4 Å². The summed E-state index contributed by atoms with van der Waals surface area (Å²) in [5, 5.41) is 2.94. The molecule has 10 heteroatoms. The molecule has 1 atom stereocenters. The van der Waals surface area contributed by atoms with Crippen LogP contribution in [0.5, 0.6) is 0 Å². The first-order chi connectivity index (χ1) is 23.7. The summed E-state index contributed by atoms with van der Waals surface area (Å²) in [5.74, 6) is -0.242. The number of carbonyl (C=O) groups is 2. The van der Waals surface area contributed by atoms with E-state index in [0.717, 1.165) is 85.3 Å². The van der Waals surface area contributed by atoms with Crippen molar-refractivity contribution in [1.29, 1.82) is 0 Å². The zero-order valence-electron chi connectivity index (χ0n) is 29.4. The number of nitrogens with zero attached hydrogens (tertiary/aromatic N) is 5. The largest absolute Gasteiger partial charge is 0.379 e. The lowest BCUT2D eigenvalue weighted by molar-refractivity contribution is -0.112. The number of ketones is 1. The highest BCUT2D eigenvalue weighted by atomic mass is 16.5. The fourth-order valence-electron chi connectivity index (χ4n) is 6.85. The van der Waals surface area contributed by atoms with Crippen molar-refractivity contribution in [3.63, 3.8) is 0 Å². The van der Waals surface area contributed by atoms with Gasteiger partial charge in [0, 0.05) is 86.8 Å². The van der Waals surface area contributed by atoms with Gasteiger partial charge in [0.2, 0.25) is 0 Å². The van der Waals surface area contributed by atoms with Gasteiger partial charge in [0.15, 0.2) is 0 Å². The molecule has 6 rings (SSSR count). The van der Waals surface area contributed by atoms with Gasteiger partial charge in [0.1, 0.15) is 17.7 Å². The van der Waals surface area contributed by atoms with Crippen molar-refractivity contribution in [2.24, 2.45) is 7.05 Å². The van der Waals surface area contributed by atoms with Gasteiger partial charge in [-0.15, -0.1) is 0 Å². The number of pyridine rings is 1. The van der Waals surface area contributed by atoms with Crippen LogP contribution >= 0.6 is 0 Å².